The minimum absolute atomic E-state index is 0.0198. The molecule has 5 N–H and O–H groups in total. The summed E-state index contributed by atoms with van der Waals surface area (Å²) in [6.45, 7) is 14.4. The lowest BCUT2D eigenvalue weighted by atomic mass is 9.49. The van der Waals surface area contributed by atoms with E-state index in [2.05, 4.69) is 45.5 Å². The summed E-state index contributed by atoms with van der Waals surface area (Å²) in [4.78, 5) is 76.7. The summed E-state index contributed by atoms with van der Waals surface area (Å²) in [6, 6.07) is 18.8. The van der Waals surface area contributed by atoms with E-state index in [1.54, 1.807) is 46.5 Å². The first kappa shape index (κ1) is 60.1. The number of benzene rings is 2. The number of likely N-dealkylation sites (tertiary alicyclic amines) is 2. The highest BCUT2D eigenvalue weighted by molar-refractivity contribution is 7.90. The van der Waals surface area contributed by atoms with Crippen molar-refractivity contribution in [3.8, 4) is 21.6 Å². The van der Waals surface area contributed by atoms with Crippen LogP contribution < -0.4 is 25.6 Å². The number of aliphatic hydroxyl groups excluding tert-OH is 1. The maximum Gasteiger partial charge on any atom is 0.284 e. The van der Waals surface area contributed by atoms with Crippen molar-refractivity contribution >= 4 is 89.1 Å². The Bertz CT molecular complexity index is 3820. The molecule has 5 aromatic heterocycles. The van der Waals surface area contributed by atoms with Crippen molar-refractivity contribution in [3.63, 3.8) is 0 Å². The molecule has 24 heteroatoms. The average Bonchev–Trinajstić information content (AvgIpc) is 1.43. The van der Waals surface area contributed by atoms with Crippen molar-refractivity contribution in [2.75, 3.05) is 49.2 Å². The van der Waals surface area contributed by atoms with Gasteiger partial charge in [-0.15, -0.1) is 21.5 Å². The third kappa shape index (κ3) is 12.6. The molecule has 4 aliphatic carbocycles. The molecule has 0 spiro atoms. The number of aryl methyl sites for hydroxylation is 2. The lowest BCUT2D eigenvalue weighted by Gasteiger charge is -2.56. The number of hydrogen-bond donors (Lipinski definition) is 5. The summed E-state index contributed by atoms with van der Waals surface area (Å²) in [6.07, 6.45) is 8.46. The summed E-state index contributed by atoms with van der Waals surface area (Å²) in [7, 11) is -2.51. The Balaban J connectivity index is 0.697. The highest BCUT2D eigenvalue weighted by atomic mass is 32.2. The van der Waals surface area contributed by atoms with Crippen LogP contribution in [0.2, 0.25) is 0 Å². The zero-order valence-corrected chi connectivity index (χ0v) is 52.9. The van der Waals surface area contributed by atoms with E-state index in [-0.39, 0.29) is 49.6 Å². The fraction of sp³-hybridized carbons (Fsp3) is 0.492. The van der Waals surface area contributed by atoms with E-state index < -0.39 is 69.1 Å². The minimum Gasteiger partial charge on any atom is -0.391 e. The molecule has 0 radical (unpaired) electrons. The van der Waals surface area contributed by atoms with Crippen LogP contribution in [0.15, 0.2) is 78.4 Å². The van der Waals surface area contributed by atoms with Crippen molar-refractivity contribution in [1.82, 2.24) is 60.1 Å². The van der Waals surface area contributed by atoms with Crippen LogP contribution in [-0.2, 0) is 31.0 Å². The number of β-amino-alcohol motifs (C(OH)–C–C–N with tert-alkyl or cyclic N) is 1. The molecule has 6 fully saturated rings. The Hall–Kier alpha value is -7.25. The van der Waals surface area contributed by atoms with Crippen molar-refractivity contribution in [3.05, 3.63) is 107 Å². The highest BCUT2D eigenvalue weighted by Gasteiger charge is 2.51. The van der Waals surface area contributed by atoms with Gasteiger partial charge in [0.1, 0.15) is 23.6 Å². The van der Waals surface area contributed by atoms with Gasteiger partial charge in [0.15, 0.2) is 16.8 Å². The van der Waals surface area contributed by atoms with E-state index in [1.807, 2.05) is 109 Å². The maximum atomic E-state index is 14.6. The van der Waals surface area contributed by atoms with Gasteiger partial charge in [0.25, 0.3) is 5.91 Å². The first-order valence-corrected chi connectivity index (χ1v) is 33.4. The average molecular weight is 1240 g/mol. The minimum atomic E-state index is -4.27. The number of pyridine rings is 1. The van der Waals surface area contributed by atoms with Crippen molar-refractivity contribution < 1.29 is 32.7 Å². The summed E-state index contributed by atoms with van der Waals surface area (Å²) in [5.74, 6) is 0.407. The number of aliphatic hydroxyl groups is 1. The van der Waals surface area contributed by atoms with Gasteiger partial charge in [0, 0.05) is 63.0 Å². The van der Waals surface area contributed by atoms with E-state index in [0.717, 1.165) is 67.5 Å². The van der Waals surface area contributed by atoms with E-state index in [1.165, 1.54) is 54.8 Å². The molecule has 2 aliphatic heterocycles. The number of para-hydroxylation sites is 1. The number of sulfonamides is 1. The predicted molar refractivity (Wildman–Crippen MR) is 336 cm³/mol. The number of fused-ring (bicyclic) bond motifs is 1. The van der Waals surface area contributed by atoms with Gasteiger partial charge in [-0.1, -0.05) is 68.5 Å². The van der Waals surface area contributed by atoms with E-state index in [9.17, 15) is 32.7 Å². The molecular weight excluding hydrogens is 1160 g/mol. The van der Waals surface area contributed by atoms with Crippen LogP contribution in [0.25, 0.3) is 31.8 Å². The first-order valence-electron chi connectivity index (χ1n) is 30.1. The predicted octanol–water partition coefficient (Wildman–Crippen LogP) is 8.48. The fourth-order valence-corrected chi connectivity index (χ4v) is 16.9. The van der Waals surface area contributed by atoms with Gasteiger partial charge in [-0.25, -0.2) is 28.1 Å². The molecule has 2 saturated heterocycles. The Labute approximate surface area is 515 Å². The number of anilines is 4. The highest BCUT2D eigenvalue weighted by Crippen LogP contribution is 2.60. The molecule has 4 bridgehead atoms. The van der Waals surface area contributed by atoms with Crippen molar-refractivity contribution in [2.45, 2.75) is 124 Å². The molecular formula is C63H76N14O7S3. The quantitative estimate of drug-likeness (QED) is 0.0508. The van der Waals surface area contributed by atoms with E-state index >= 15 is 0 Å². The number of carbonyl (C=O) groups is 4. The molecule has 6 aliphatic rings. The fourth-order valence-electron chi connectivity index (χ4n) is 14.3. The Morgan fingerprint density at radius 1 is 0.851 bits per heavy atom. The number of nitrogens with zero attached hydrogens (tertiary/aromatic N) is 10. The molecule has 4 atom stereocenters. The van der Waals surface area contributed by atoms with Gasteiger partial charge in [0.05, 0.1) is 56.3 Å². The van der Waals surface area contributed by atoms with Gasteiger partial charge >= 0.3 is 0 Å². The van der Waals surface area contributed by atoms with Gasteiger partial charge in [0.2, 0.25) is 27.7 Å². The Morgan fingerprint density at radius 2 is 1.56 bits per heavy atom. The van der Waals surface area contributed by atoms with Gasteiger partial charge < -0.3 is 35.8 Å². The molecule has 21 nitrogen and oxygen atoms in total. The van der Waals surface area contributed by atoms with Crippen molar-refractivity contribution in [2.24, 2.45) is 34.5 Å². The molecule has 458 valence electrons. The molecule has 2 aromatic carbocycles. The third-order valence-electron chi connectivity index (χ3n) is 18.6. The van der Waals surface area contributed by atoms with Crippen LogP contribution in [-0.4, -0.2) is 139 Å². The second-order valence-corrected chi connectivity index (χ2v) is 29.9. The number of rotatable bonds is 19. The topological polar surface area (TPSA) is 263 Å². The number of thiazole rings is 2. The smallest absolute Gasteiger partial charge is 0.284 e. The Kier molecular flexibility index (Phi) is 16.4. The van der Waals surface area contributed by atoms with Gasteiger partial charge in [-0.3, -0.25) is 23.9 Å². The van der Waals surface area contributed by atoms with Crippen LogP contribution in [0, 0.1) is 55.3 Å². The standard InChI is InChI=1S/C63H76N14O7S3/c1-35-21-52(71-72-56(35)70-61-67-48-11-9-10-12-50(48)86-61)74(8)51-18-17-46(47-29-65-77(38(47)4)33-63-26-39-22-40(27-63)24-41(23-39)28-63)53(68-51)59(81)73-87(83,84)20-19-75-30-44(31-75)57(79)69-55(62(5,6)7)60(82)76-32-45(78)25-49(76)58(80)66-36(2)42-13-15-43(16-14-42)54-37(3)64-34-85-54/h9-18,21,29,34,36,39-41,44-45,49,55,78H,19-20,22-28,30-33H2,1-8H3,(H,66,80)(H,69,79)(H,73,81)(H,67,70,72)/t36-,39?,40?,41?,45+,49-,55+,63?/m0/s1. The SMILES string of the molecule is Cc1cc(N(C)c2ccc(-c3cnn(CC45CC6CC(CC(C6)C4)C5)c3C)c(C(=O)NS(=O)(=O)CCN3CC(C(=O)N[C@H](C(=O)N4C[C@H](O)C[C@H]4C(=O)N[C@@H](C)c4ccc(-c5scnc5C)cc4)C(C)(C)C)C3)n2)nnc1Nc1nc2ccccc2s1. The molecule has 4 amide bonds. The monoisotopic (exact) mass is 1240 g/mol. The Morgan fingerprint density at radius 3 is 2.23 bits per heavy atom. The normalized spacial score (nSPS) is 22.7. The van der Waals surface area contributed by atoms with Gasteiger partial charge in [-0.05, 0) is 142 Å². The third-order valence-corrected chi connectivity index (χ3v) is 21.8. The summed E-state index contributed by atoms with van der Waals surface area (Å²) < 4.78 is 33.4. The summed E-state index contributed by atoms with van der Waals surface area (Å²) in [5, 5.41) is 34.7. The van der Waals surface area contributed by atoms with E-state index in [0.29, 0.717) is 33.7 Å². The zero-order chi connectivity index (χ0) is 61.3. The molecule has 7 heterocycles. The summed E-state index contributed by atoms with van der Waals surface area (Å²) >= 11 is 3.07. The second kappa shape index (κ2) is 23.7. The maximum absolute atomic E-state index is 14.6. The van der Waals surface area contributed by atoms with Crippen molar-refractivity contribution in [1.29, 1.82) is 0 Å². The molecule has 87 heavy (non-hydrogen) atoms. The summed E-state index contributed by atoms with van der Waals surface area (Å²) in [5.41, 5.74) is 7.60. The zero-order valence-electron chi connectivity index (χ0n) is 50.4. The molecule has 7 aromatic rings. The molecule has 13 rings (SSSR count). The lowest BCUT2D eigenvalue weighted by Crippen LogP contribution is -2.61. The number of aromatic nitrogens is 7. The van der Waals surface area contributed by atoms with Crippen LogP contribution in [0.5, 0.6) is 0 Å². The van der Waals surface area contributed by atoms with Crippen LogP contribution in [0.4, 0.5) is 22.6 Å². The number of hydrogen-bond acceptors (Lipinski definition) is 18. The largest absolute Gasteiger partial charge is 0.391 e. The number of amides is 4. The molecule has 0 unspecified atom stereocenters. The van der Waals surface area contributed by atoms with Crippen LogP contribution in [0.1, 0.15) is 112 Å². The number of nitrogens with one attached hydrogen (secondary N) is 4. The van der Waals surface area contributed by atoms with Crippen LogP contribution >= 0.6 is 22.7 Å². The van der Waals surface area contributed by atoms with E-state index in [4.69, 9.17) is 10.1 Å². The second-order valence-electron chi connectivity index (χ2n) is 26.2. The lowest BCUT2D eigenvalue weighted by molar-refractivity contribution is -0.145. The van der Waals surface area contributed by atoms with Crippen LogP contribution in [0.3, 0.4) is 0 Å². The first-order chi connectivity index (χ1) is 41.4. The molecule has 4 saturated carbocycles. The number of carbonyl (C=O) groups excluding carboxylic acids is 4. The van der Waals surface area contributed by atoms with Gasteiger partial charge in [-0.2, -0.15) is 5.10 Å².